The van der Waals surface area contributed by atoms with E-state index in [0.29, 0.717) is 11.3 Å². The number of nitrogens with zero attached hydrogens (tertiary/aromatic N) is 1. The van der Waals surface area contributed by atoms with Crippen LogP contribution in [0.2, 0.25) is 0 Å². The first-order valence-electron chi connectivity index (χ1n) is 4.77. The lowest BCUT2D eigenvalue weighted by atomic mass is 10.4. The monoisotopic (exact) mass is 218 g/mol. The summed E-state index contributed by atoms with van der Waals surface area (Å²) in [6.45, 7) is 7.60. The summed E-state index contributed by atoms with van der Waals surface area (Å²) in [6, 6.07) is 0.543. The summed E-state index contributed by atoms with van der Waals surface area (Å²) in [7, 11) is 0. The minimum atomic E-state index is 0.543. The number of hydrogen-bond donors (Lipinski definition) is 1. The Morgan fingerprint density at radius 2 is 2.54 bits per heavy atom. The second-order valence-corrected chi connectivity index (χ2v) is 6.03. The van der Waals surface area contributed by atoms with Crippen molar-refractivity contribution in [1.29, 1.82) is 0 Å². The standard InChI is InChI=1S/C9H18N2S2/c1-4-12-6-7(2)11-9-10-5-8(3)13-9/h7-8H,4-6H2,1-3H3,(H,10,11). The predicted molar refractivity (Wildman–Crippen MR) is 65.0 cm³/mol. The first-order valence-corrected chi connectivity index (χ1v) is 6.81. The van der Waals surface area contributed by atoms with E-state index < -0.39 is 0 Å². The highest BCUT2D eigenvalue weighted by atomic mass is 32.2. The number of nitrogens with one attached hydrogen (secondary N) is 1. The highest BCUT2D eigenvalue weighted by Gasteiger charge is 2.15. The van der Waals surface area contributed by atoms with E-state index in [4.69, 9.17) is 0 Å². The van der Waals surface area contributed by atoms with E-state index in [2.05, 4.69) is 31.1 Å². The van der Waals surface area contributed by atoms with E-state index in [1.165, 1.54) is 11.5 Å². The van der Waals surface area contributed by atoms with Gasteiger partial charge in [-0.1, -0.05) is 25.6 Å². The highest BCUT2D eigenvalue weighted by molar-refractivity contribution is 8.14. The Labute approximate surface area is 89.3 Å². The van der Waals surface area contributed by atoms with E-state index in [0.717, 1.165) is 11.7 Å². The second-order valence-electron chi connectivity index (χ2n) is 3.28. The number of thioether (sulfide) groups is 2. The van der Waals surface area contributed by atoms with Crippen molar-refractivity contribution >= 4 is 28.7 Å². The molecule has 0 saturated heterocycles. The summed E-state index contributed by atoms with van der Waals surface area (Å²) in [4.78, 5) is 4.42. The Kier molecular flexibility index (Phi) is 5.02. The average molecular weight is 218 g/mol. The molecule has 4 heteroatoms. The molecule has 76 valence electrons. The van der Waals surface area contributed by atoms with Crippen LogP contribution in [0.1, 0.15) is 20.8 Å². The second kappa shape index (κ2) is 5.81. The predicted octanol–water partition coefficient (Wildman–Crippen LogP) is 2.21. The molecule has 0 fully saturated rings. The van der Waals surface area contributed by atoms with Gasteiger partial charge in [0, 0.05) is 17.0 Å². The molecular formula is C9H18N2S2. The van der Waals surface area contributed by atoms with Gasteiger partial charge < -0.3 is 5.32 Å². The van der Waals surface area contributed by atoms with Crippen LogP contribution in [0, 0.1) is 0 Å². The quantitative estimate of drug-likeness (QED) is 0.783. The Bertz CT molecular complexity index is 182. The molecule has 1 heterocycles. The number of amidine groups is 1. The van der Waals surface area contributed by atoms with Gasteiger partial charge in [-0.25, -0.2) is 0 Å². The molecule has 0 spiro atoms. The largest absolute Gasteiger partial charge is 0.362 e. The maximum Gasteiger partial charge on any atom is 0.157 e. The van der Waals surface area contributed by atoms with Gasteiger partial charge in [0.2, 0.25) is 0 Å². The van der Waals surface area contributed by atoms with Crippen LogP contribution in [0.4, 0.5) is 0 Å². The molecule has 1 aliphatic rings. The zero-order valence-corrected chi connectivity index (χ0v) is 10.2. The lowest BCUT2D eigenvalue weighted by molar-refractivity contribution is 0.750. The highest BCUT2D eigenvalue weighted by Crippen LogP contribution is 2.19. The molecule has 1 N–H and O–H groups in total. The van der Waals surface area contributed by atoms with Crippen molar-refractivity contribution in [1.82, 2.24) is 5.32 Å². The van der Waals surface area contributed by atoms with Crippen LogP contribution in [0.15, 0.2) is 4.99 Å². The molecule has 0 saturated carbocycles. The summed E-state index contributed by atoms with van der Waals surface area (Å²) >= 11 is 3.83. The smallest absolute Gasteiger partial charge is 0.157 e. The van der Waals surface area contributed by atoms with E-state index in [-0.39, 0.29) is 0 Å². The Hall–Kier alpha value is 0.170. The van der Waals surface area contributed by atoms with Crippen LogP contribution in [0.25, 0.3) is 0 Å². The summed E-state index contributed by atoms with van der Waals surface area (Å²) in [5, 5.41) is 5.23. The first kappa shape index (κ1) is 11.2. The number of aliphatic imine (C=N–C) groups is 1. The average Bonchev–Trinajstić information content (AvgIpc) is 2.48. The van der Waals surface area contributed by atoms with Gasteiger partial charge in [0.15, 0.2) is 5.17 Å². The van der Waals surface area contributed by atoms with Crippen LogP contribution in [-0.4, -0.2) is 34.5 Å². The van der Waals surface area contributed by atoms with Crippen LogP contribution in [-0.2, 0) is 0 Å². The van der Waals surface area contributed by atoms with E-state index in [1.54, 1.807) is 0 Å². The van der Waals surface area contributed by atoms with Crippen LogP contribution < -0.4 is 5.32 Å². The molecule has 13 heavy (non-hydrogen) atoms. The van der Waals surface area contributed by atoms with Gasteiger partial charge in [-0.05, 0) is 12.7 Å². The maximum absolute atomic E-state index is 4.42. The molecule has 0 amide bonds. The van der Waals surface area contributed by atoms with Crippen molar-refractivity contribution in [3.63, 3.8) is 0 Å². The third kappa shape index (κ3) is 4.27. The topological polar surface area (TPSA) is 24.4 Å². The van der Waals surface area contributed by atoms with Gasteiger partial charge in [0.05, 0.1) is 6.54 Å². The third-order valence-electron chi connectivity index (χ3n) is 1.75. The zero-order valence-electron chi connectivity index (χ0n) is 8.54. The fourth-order valence-corrected chi connectivity index (χ4v) is 2.72. The molecule has 0 aromatic carbocycles. The fraction of sp³-hybridized carbons (Fsp3) is 0.889. The molecule has 0 aromatic rings. The number of hydrogen-bond acceptors (Lipinski definition) is 4. The molecule has 0 aromatic heterocycles. The number of rotatable bonds is 4. The maximum atomic E-state index is 4.42. The zero-order chi connectivity index (χ0) is 9.68. The van der Waals surface area contributed by atoms with Crippen LogP contribution in [0.5, 0.6) is 0 Å². The van der Waals surface area contributed by atoms with Crippen molar-refractivity contribution < 1.29 is 0 Å². The van der Waals surface area contributed by atoms with E-state index in [9.17, 15) is 0 Å². The minimum absolute atomic E-state index is 0.543. The lowest BCUT2D eigenvalue weighted by Crippen LogP contribution is -2.31. The molecule has 2 nitrogen and oxygen atoms in total. The Morgan fingerprint density at radius 1 is 1.77 bits per heavy atom. The molecule has 0 radical (unpaired) electrons. The normalized spacial score (nSPS) is 24.2. The van der Waals surface area contributed by atoms with Gasteiger partial charge in [-0.2, -0.15) is 11.8 Å². The van der Waals surface area contributed by atoms with Crippen molar-refractivity contribution in [2.75, 3.05) is 18.1 Å². The van der Waals surface area contributed by atoms with Gasteiger partial charge in [-0.3, -0.25) is 4.99 Å². The summed E-state index contributed by atoms with van der Waals surface area (Å²) in [5.74, 6) is 2.37. The van der Waals surface area contributed by atoms with Gasteiger partial charge in [-0.15, -0.1) is 0 Å². The molecule has 2 unspecified atom stereocenters. The van der Waals surface area contributed by atoms with Gasteiger partial charge >= 0.3 is 0 Å². The SMILES string of the molecule is CCSCC(C)NC1=NCC(C)S1. The molecule has 1 aliphatic heterocycles. The van der Waals surface area contributed by atoms with Crippen molar-refractivity contribution in [2.24, 2.45) is 4.99 Å². The molecule has 0 aliphatic carbocycles. The molecule has 1 rings (SSSR count). The van der Waals surface area contributed by atoms with Gasteiger partial charge in [0.25, 0.3) is 0 Å². The van der Waals surface area contributed by atoms with Crippen molar-refractivity contribution in [2.45, 2.75) is 32.1 Å². The molecular weight excluding hydrogens is 200 g/mol. The van der Waals surface area contributed by atoms with Crippen molar-refractivity contribution in [3.05, 3.63) is 0 Å². The first-order chi connectivity index (χ1) is 6.22. The Balaban J connectivity index is 2.17. The third-order valence-corrected chi connectivity index (χ3v) is 3.91. The lowest BCUT2D eigenvalue weighted by Gasteiger charge is -2.13. The Morgan fingerprint density at radius 3 is 3.08 bits per heavy atom. The molecule has 2 atom stereocenters. The van der Waals surface area contributed by atoms with E-state index >= 15 is 0 Å². The minimum Gasteiger partial charge on any atom is -0.362 e. The summed E-state index contributed by atoms with van der Waals surface area (Å²) in [6.07, 6.45) is 0. The van der Waals surface area contributed by atoms with Crippen LogP contribution >= 0.6 is 23.5 Å². The van der Waals surface area contributed by atoms with Crippen LogP contribution in [0.3, 0.4) is 0 Å². The fourth-order valence-electron chi connectivity index (χ4n) is 1.10. The van der Waals surface area contributed by atoms with E-state index in [1.807, 2.05) is 23.5 Å². The van der Waals surface area contributed by atoms with Crippen molar-refractivity contribution in [3.8, 4) is 0 Å². The molecule has 0 bridgehead atoms. The summed E-state index contributed by atoms with van der Waals surface area (Å²) < 4.78 is 0. The van der Waals surface area contributed by atoms with Gasteiger partial charge in [0.1, 0.15) is 0 Å². The summed E-state index contributed by atoms with van der Waals surface area (Å²) in [5.41, 5.74) is 0.